The maximum atomic E-state index is 13.4. The normalized spacial score (nSPS) is 22.8. The average molecular weight is 393 g/mol. The Balaban J connectivity index is 1.89. The zero-order valence-electron chi connectivity index (χ0n) is 16.5. The summed E-state index contributed by atoms with van der Waals surface area (Å²) in [4.78, 5) is 40.6. The lowest BCUT2D eigenvalue weighted by Crippen LogP contribution is -2.61. The number of hydrogen-bond donors (Lipinski definition) is 2. The molecule has 0 saturated carbocycles. The Labute approximate surface area is 168 Å². The number of primary amides is 1. The molecule has 2 aromatic carbocycles. The second-order valence-electron chi connectivity index (χ2n) is 8.21. The first-order valence-corrected chi connectivity index (χ1v) is 9.55. The van der Waals surface area contributed by atoms with Crippen molar-refractivity contribution < 1.29 is 19.5 Å². The number of hydrogen-bond acceptors (Lipinski definition) is 3. The second kappa shape index (κ2) is 6.34. The predicted octanol–water partition coefficient (Wildman–Crippen LogP) is 3.11. The third-order valence-electron chi connectivity index (χ3n) is 5.96. The molecule has 2 atom stereocenters. The molecule has 0 spiro atoms. The van der Waals surface area contributed by atoms with Crippen LogP contribution in [0.25, 0.3) is 0 Å². The van der Waals surface area contributed by atoms with E-state index in [4.69, 9.17) is 5.73 Å². The van der Waals surface area contributed by atoms with Gasteiger partial charge in [0.05, 0.1) is 16.7 Å². The van der Waals surface area contributed by atoms with Gasteiger partial charge in [0.1, 0.15) is 6.17 Å². The van der Waals surface area contributed by atoms with E-state index < -0.39 is 23.6 Å². The van der Waals surface area contributed by atoms with Crippen LogP contribution in [0.1, 0.15) is 42.3 Å². The molecule has 3 N–H and O–H groups in total. The quantitative estimate of drug-likeness (QED) is 0.836. The summed E-state index contributed by atoms with van der Waals surface area (Å²) in [7, 11) is 0. The van der Waals surface area contributed by atoms with Crippen LogP contribution in [0.15, 0.2) is 42.5 Å². The summed E-state index contributed by atoms with van der Waals surface area (Å²) in [5.41, 5.74) is 7.82. The van der Waals surface area contributed by atoms with Gasteiger partial charge in [-0.3, -0.25) is 19.4 Å². The summed E-state index contributed by atoms with van der Waals surface area (Å²) < 4.78 is 0. The molecule has 2 aliphatic rings. The number of nitrogens with two attached hydrogens (primary N) is 1. The van der Waals surface area contributed by atoms with Crippen LogP contribution in [0, 0.1) is 5.92 Å². The Hall–Kier alpha value is -3.35. The van der Waals surface area contributed by atoms with E-state index >= 15 is 0 Å². The highest BCUT2D eigenvalue weighted by molar-refractivity contribution is 6.15. The van der Waals surface area contributed by atoms with Crippen LogP contribution in [0.3, 0.4) is 0 Å². The van der Waals surface area contributed by atoms with Crippen LogP contribution in [0.4, 0.5) is 16.2 Å². The maximum Gasteiger partial charge on any atom is 0.321 e. The van der Waals surface area contributed by atoms with Crippen molar-refractivity contribution in [1.82, 2.24) is 0 Å². The fourth-order valence-corrected chi connectivity index (χ4v) is 4.43. The highest BCUT2D eigenvalue weighted by Gasteiger charge is 2.47. The zero-order valence-corrected chi connectivity index (χ0v) is 16.5. The first-order valence-electron chi connectivity index (χ1n) is 9.55. The molecule has 1 heterocycles. The molecule has 0 fully saturated rings. The highest BCUT2D eigenvalue weighted by atomic mass is 16.4. The molecular formula is C22H23N3O4. The summed E-state index contributed by atoms with van der Waals surface area (Å²) in [6, 6.07) is 11.7. The van der Waals surface area contributed by atoms with Gasteiger partial charge < -0.3 is 10.8 Å². The number of fused-ring (bicyclic) bond motifs is 2. The SMILES string of the molecule is CC(C)C1N(c2ccc3c(c2)C(C)(C(=O)O)C3)C(=O)c2ccccc2N1C(N)=O. The minimum Gasteiger partial charge on any atom is -0.481 e. The van der Waals surface area contributed by atoms with Gasteiger partial charge in [-0.2, -0.15) is 0 Å². The fourth-order valence-electron chi connectivity index (χ4n) is 4.43. The summed E-state index contributed by atoms with van der Waals surface area (Å²) in [5.74, 6) is -1.25. The molecule has 1 aliphatic heterocycles. The van der Waals surface area contributed by atoms with Gasteiger partial charge in [-0.05, 0) is 54.7 Å². The standard InChI is InChI=1S/C22H23N3O4/c1-12(2)18-24(14-9-8-13-11-22(3,20(27)28)16(13)10-14)19(26)15-6-4-5-7-17(15)25(18)21(23)29/h4-10,12,18H,11H2,1-3H3,(H2,23,29)(H,27,28). The monoisotopic (exact) mass is 393 g/mol. The minimum absolute atomic E-state index is 0.114. The van der Waals surface area contributed by atoms with Gasteiger partial charge in [0.2, 0.25) is 0 Å². The van der Waals surface area contributed by atoms with Gasteiger partial charge in [-0.25, -0.2) is 4.79 Å². The minimum atomic E-state index is -0.973. The van der Waals surface area contributed by atoms with Gasteiger partial charge in [0, 0.05) is 5.69 Å². The number of amides is 3. The van der Waals surface area contributed by atoms with Crippen molar-refractivity contribution in [3.8, 4) is 0 Å². The number of carboxylic acids is 1. The first-order chi connectivity index (χ1) is 13.7. The van der Waals surface area contributed by atoms with E-state index in [9.17, 15) is 19.5 Å². The Bertz CT molecular complexity index is 1050. The largest absolute Gasteiger partial charge is 0.481 e. The van der Waals surface area contributed by atoms with Crippen molar-refractivity contribution in [3.63, 3.8) is 0 Å². The third-order valence-corrected chi connectivity index (χ3v) is 5.96. The zero-order chi connectivity index (χ0) is 21.1. The summed E-state index contributed by atoms with van der Waals surface area (Å²) >= 11 is 0. The molecule has 150 valence electrons. The first kappa shape index (κ1) is 19.0. The third kappa shape index (κ3) is 2.61. The van der Waals surface area contributed by atoms with Gasteiger partial charge in [0.15, 0.2) is 0 Å². The van der Waals surface area contributed by atoms with Crippen LogP contribution in [0.5, 0.6) is 0 Å². The molecule has 0 saturated heterocycles. The summed E-state index contributed by atoms with van der Waals surface area (Å²) in [6.07, 6.45) is -0.167. The van der Waals surface area contributed by atoms with Gasteiger partial charge in [0.25, 0.3) is 5.91 Å². The van der Waals surface area contributed by atoms with E-state index in [0.717, 1.165) is 5.56 Å². The molecule has 0 aromatic heterocycles. The van der Waals surface area contributed by atoms with Gasteiger partial charge >= 0.3 is 12.0 Å². The van der Waals surface area contributed by atoms with Crippen molar-refractivity contribution in [2.24, 2.45) is 11.7 Å². The molecule has 2 unspecified atom stereocenters. The van der Waals surface area contributed by atoms with Crippen molar-refractivity contribution >= 4 is 29.3 Å². The second-order valence-corrected chi connectivity index (χ2v) is 8.21. The van der Waals surface area contributed by atoms with E-state index in [2.05, 4.69) is 0 Å². The van der Waals surface area contributed by atoms with Gasteiger partial charge in [-0.1, -0.05) is 32.0 Å². The van der Waals surface area contributed by atoms with E-state index in [1.165, 1.54) is 4.90 Å². The van der Waals surface area contributed by atoms with Crippen molar-refractivity contribution in [2.45, 2.75) is 38.8 Å². The number of para-hydroxylation sites is 1. The summed E-state index contributed by atoms with van der Waals surface area (Å²) in [5, 5.41) is 9.63. The number of benzene rings is 2. The Kier molecular flexibility index (Phi) is 4.15. The van der Waals surface area contributed by atoms with E-state index in [1.807, 2.05) is 19.9 Å². The molecule has 0 radical (unpaired) electrons. The number of anilines is 2. The van der Waals surface area contributed by atoms with Crippen LogP contribution in [-0.4, -0.2) is 29.2 Å². The lowest BCUT2D eigenvalue weighted by atomic mass is 9.65. The maximum absolute atomic E-state index is 13.4. The molecule has 29 heavy (non-hydrogen) atoms. The number of nitrogens with zero attached hydrogens (tertiary/aromatic N) is 2. The number of rotatable bonds is 3. The topological polar surface area (TPSA) is 104 Å². The lowest BCUT2D eigenvalue weighted by Gasteiger charge is -2.46. The predicted molar refractivity (Wildman–Crippen MR) is 109 cm³/mol. The van der Waals surface area contributed by atoms with E-state index in [0.29, 0.717) is 28.9 Å². The Morgan fingerprint density at radius 3 is 2.52 bits per heavy atom. The Morgan fingerprint density at radius 2 is 1.90 bits per heavy atom. The van der Waals surface area contributed by atoms with Crippen molar-refractivity contribution in [3.05, 3.63) is 59.2 Å². The fraction of sp³-hybridized carbons (Fsp3) is 0.318. The van der Waals surface area contributed by atoms with E-state index in [-0.39, 0.29) is 11.8 Å². The molecular weight excluding hydrogens is 370 g/mol. The van der Waals surface area contributed by atoms with Crippen molar-refractivity contribution in [2.75, 3.05) is 9.80 Å². The average Bonchev–Trinajstić information content (AvgIpc) is 2.66. The number of carbonyl (C=O) groups is 3. The number of urea groups is 1. The Morgan fingerprint density at radius 1 is 1.21 bits per heavy atom. The molecule has 1 aliphatic carbocycles. The molecule has 0 bridgehead atoms. The van der Waals surface area contributed by atoms with Crippen LogP contribution in [0.2, 0.25) is 0 Å². The van der Waals surface area contributed by atoms with E-state index in [1.54, 1.807) is 48.2 Å². The van der Waals surface area contributed by atoms with Gasteiger partial charge in [-0.15, -0.1) is 0 Å². The smallest absolute Gasteiger partial charge is 0.321 e. The highest BCUT2D eigenvalue weighted by Crippen LogP contribution is 2.44. The van der Waals surface area contributed by atoms with Crippen molar-refractivity contribution in [1.29, 1.82) is 0 Å². The number of carbonyl (C=O) groups excluding carboxylic acids is 2. The van der Waals surface area contributed by atoms with Crippen LogP contribution in [-0.2, 0) is 16.6 Å². The molecule has 7 nitrogen and oxygen atoms in total. The number of aliphatic carboxylic acids is 1. The molecule has 7 heteroatoms. The molecule has 4 rings (SSSR count). The van der Waals surface area contributed by atoms with Crippen LogP contribution >= 0.6 is 0 Å². The van der Waals surface area contributed by atoms with Crippen LogP contribution < -0.4 is 15.5 Å². The molecule has 3 amide bonds. The lowest BCUT2D eigenvalue weighted by molar-refractivity contribution is -0.144. The molecule has 2 aromatic rings. The summed E-state index contributed by atoms with van der Waals surface area (Å²) in [6.45, 7) is 5.51. The number of carboxylic acid groups (broad SMARTS) is 1.